The van der Waals surface area contributed by atoms with Crippen LogP contribution in [-0.2, 0) is 22.0 Å². The summed E-state index contributed by atoms with van der Waals surface area (Å²) in [6, 6.07) is 16.2. The Morgan fingerprint density at radius 3 is 2.43 bits per heavy atom. The first-order valence-corrected chi connectivity index (χ1v) is 11.9. The van der Waals surface area contributed by atoms with Crippen LogP contribution in [0, 0.1) is 5.82 Å². The van der Waals surface area contributed by atoms with Crippen LogP contribution in [0.3, 0.4) is 0 Å². The molecule has 3 N–H and O–H groups in total. The Morgan fingerprint density at radius 2 is 1.77 bits per heavy atom. The van der Waals surface area contributed by atoms with E-state index < -0.39 is 10.0 Å². The van der Waals surface area contributed by atoms with Gasteiger partial charge in [0.25, 0.3) is 0 Å². The average molecular weight is 433 g/mol. The molecule has 1 aliphatic rings. The molecule has 1 saturated carbocycles. The van der Waals surface area contributed by atoms with Gasteiger partial charge in [0.1, 0.15) is 5.82 Å². The summed E-state index contributed by atoms with van der Waals surface area (Å²) >= 11 is 0. The highest BCUT2D eigenvalue weighted by molar-refractivity contribution is 7.89. The first-order chi connectivity index (χ1) is 14.4. The molecule has 2 aromatic carbocycles. The summed E-state index contributed by atoms with van der Waals surface area (Å²) in [6.07, 6.45) is 1.79. The number of guanidine groups is 1. The Labute approximate surface area is 178 Å². The zero-order valence-corrected chi connectivity index (χ0v) is 18.0. The van der Waals surface area contributed by atoms with Crippen LogP contribution in [-0.4, -0.2) is 39.8 Å². The summed E-state index contributed by atoms with van der Waals surface area (Å²) < 4.78 is 41.3. The Kier molecular flexibility index (Phi) is 7.44. The van der Waals surface area contributed by atoms with Gasteiger partial charge in [0, 0.05) is 25.0 Å². The van der Waals surface area contributed by atoms with Gasteiger partial charge in [-0.15, -0.1) is 0 Å². The second kappa shape index (κ2) is 10.0. The molecule has 0 aromatic heterocycles. The summed E-state index contributed by atoms with van der Waals surface area (Å²) in [5.74, 6) is 0.278. The van der Waals surface area contributed by atoms with Crippen molar-refractivity contribution in [2.45, 2.75) is 31.7 Å². The molecule has 0 saturated heterocycles. The standard InChI is InChI=1S/C22H29FN4O2S/c1-2-24-21(26-17-22(12-13-22)19-10-6-7-11-20(19)23)25-14-15-30(28,29)27-16-18-8-4-3-5-9-18/h3-11,27H,2,12-17H2,1H3,(H2,24,25,26). The van der Waals surface area contributed by atoms with Crippen LogP contribution in [0.25, 0.3) is 0 Å². The molecule has 0 spiro atoms. The molecule has 3 rings (SSSR count). The van der Waals surface area contributed by atoms with Crippen molar-refractivity contribution in [1.29, 1.82) is 0 Å². The van der Waals surface area contributed by atoms with Crippen LogP contribution >= 0.6 is 0 Å². The lowest BCUT2D eigenvalue weighted by Crippen LogP contribution is -2.41. The zero-order chi connectivity index (χ0) is 21.5. The number of nitrogens with zero attached hydrogens (tertiary/aromatic N) is 1. The Balaban J connectivity index is 1.52. The average Bonchev–Trinajstić information content (AvgIpc) is 3.52. The largest absolute Gasteiger partial charge is 0.357 e. The maximum absolute atomic E-state index is 14.2. The SMILES string of the molecule is CCNC(=NCC1(c2ccccc2F)CC1)NCCS(=O)(=O)NCc1ccccc1. The molecule has 2 aromatic rings. The maximum Gasteiger partial charge on any atom is 0.213 e. The van der Waals surface area contributed by atoms with Gasteiger partial charge < -0.3 is 10.6 Å². The smallest absolute Gasteiger partial charge is 0.213 e. The highest BCUT2D eigenvalue weighted by Crippen LogP contribution is 2.49. The number of aliphatic imine (C=N–C) groups is 1. The minimum Gasteiger partial charge on any atom is -0.357 e. The summed E-state index contributed by atoms with van der Waals surface area (Å²) in [6.45, 7) is 3.55. The van der Waals surface area contributed by atoms with Crippen LogP contribution in [0.15, 0.2) is 59.6 Å². The molecular weight excluding hydrogens is 403 g/mol. The molecule has 0 amide bonds. The van der Waals surface area contributed by atoms with Gasteiger partial charge in [-0.2, -0.15) is 0 Å². The third-order valence-corrected chi connectivity index (χ3v) is 6.51. The number of halogens is 1. The van der Waals surface area contributed by atoms with E-state index in [1.165, 1.54) is 6.07 Å². The van der Waals surface area contributed by atoms with Crippen LogP contribution in [0.2, 0.25) is 0 Å². The molecule has 30 heavy (non-hydrogen) atoms. The molecule has 0 aliphatic heterocycles. The second-order valence-corrected chi connectivity index (χ2v) is 9.43. The predicted molar refractivity (Wildman–Crippen MR) is 118 cm³/mol. The van der Waals surface area contributed by atoms with Crippen LogP contribution in [0.1, 0.15) is 30.9 Å². The number of sulfonamides is 1. The van der Waals surface area contributed by atoms with Crippen molar-refractivity contribution < 1.29 is 12.8 Å². The van der Waals surface area contributed by atoms with Crippen molar-refractivity contribution in [3.8, 4) is 0 Å². The van der Waals surface area contributed by atoms with Crippen LogP contribution < -0.4 is 15.4 Å². The van der Waals surface area contributed by atoms with Crippen LogP contribution in [0.5, 0.6) is 0 Å². The van der Waals surface area contributed by atoms with Crippen molar-refractivity contribution in [3.05, 3.63) is 71.5 Å². The fourth-order valence-electron chi connectivity index (χ4n) is 3.29. The van der Waals surface area contributed by atoms with Gasteiger partial charge in [-0.1, -0.05) is 48.5 Å². The van der Waals surface area contributed by atoms with E-state index in [2.05, 4.69) is 20.3 Å². The second-order valence-electron chi connectivity index (χ2n) is 7.51. The van der Waals surface area contributed by atoms with Gasteiger partial charge >= 0.3 is 0 Å². The van der Waals surface area contributed by atoms with E-state index in [1.54, 1.807) is 6.07 Å². The van der Waals surface area contributed by atoms with Crippen molar-refractivity contribution in [3.63, 3.8) is 0 Å². The molecule has 162 valence electrons. The number of nitrogens with one attached hydrogen (secondary N) is 3. The monoisotopic (exact) mass is 432 g/mol. The molecule has 1 fully saturated rings. The Bertz CT molecular complexity index is 960. The van der Waals surface area contributed by atoms with Crippen LogP contribution in [0.4, 0.5) is 4.39 Å². The fourth-order valence-corrected chi connectivity index (χ4v) is 4.19. The zero-order valence-electron chi connectivity index (χ0n) is 17.2. The van der Waals surface area contributed by atoms with E-state index >= 15 is 0 Å². The quantitative estimate of drug-likeness (QED) is 0.398. The lowest BCUT2D eigenvalue weighted by Gasteiger charge is -2.16. The van der Waals surface area contributed by atoms with Gasteiger partial charge in [0.05, 0.1) is 12.3 Å². The minimum absolute atomic E-state index is 0.0668. The van der Waals surface area contributed by atoms with Crippen molar-refractivity contribution in [2.24, 2.45) is 4.99 Å². The minimum atomic E-state index is -3.41. The van der Waals surface area contributed by atoms with Gasteiger partial charge in [0.2, 0.25) is 10.0 Å². The number of benzene rings is 2. The molecule has 1 aliphatic carbocycles. The summed E-state index contributed by atoms with van der Waals surface area (Å²) in [5.41, 5.74) is 1.36. The first-order valence-electron chi connectivity index (χ1n) is 10.2. The van der Waals surface area contributed by atoms with E-state index in [0.717, 1.165) is 18.4 Å². The molecule has 0 heterocycles. The molecular formula is C22H29FN4O2S. The third kappa shape index (κ3) is 6.27. The predicted octanol–water partition coefficient (Wildman–Crippen LogP) is 2.53. The normalized spacial score (nSPS) is 15.6. The lowest BCUT2D eigenvalue weighted by atomic mass is 9.95. The maximum atomic E-state index is 14.2. The van der Waals surface area contributed by atoms with Gasteiger partial charge in [0.15, 0.2) is 5.96 Å². The van der Waals surface area contributed by atoms with E-state index in [4.69, 9.17) is 0 Å². The first kappa shape index (κ1) is 22.2. The van der Waals surface area contributed by atoms with Gasteiger partial charge in [-0.25, -0.2) is 17.5 Å². The van der Waals surface area contributed by atoms with E-state index in [1.807, 2.05) is 49.4 Å². The highest BCUT2D eigenvalue weighted by Gasteiger charge is 2.45. The van der Waals surface area contributed by atoms with E-state index in [-0.39, 0.29) is 30.1 Å². The summed E-state index contributed by atoms with van der Waals surface area (Å²) in [4.78, 5) is 4.59. The Hall–Kier alpha value is -2.45. The van der Waals surface area contributed by atoms with Crippen molar-refractivity contribution in [1.82, 2.24) is 15.4 Å². The number of hydrogen-bond donors (Lipinski definition) is 3. The summed E-state index contributed by atoms with van der Waals surface area (Å²) in [5, 5.41) is 6.19. The molecule has 8 heteroatoms. The lowest BCUT2D eigenvalue weighted by molar-refractivity contribution is 0.571. The van der Waals surface area contributed by atoms with Gasteiger partial charge in [-0.05, 0) is 37.0 Å². The molecule has 0 radical (unpaired) electrons. The number of rotatable bonds is 10. The number of hydrogen-bond acceptors (Lipinski definition) is 3. The molecule has 0 unspecified atom stereocenters. The molecule has 0 atom stereocenters. The highest BCUT2D eigenvalue weighted by atomic mass is 32.2. The summed E-state index contributed by atoms with van der Waals surface area (Å²) in [7, 11) is -3.41. The van der Waals surface area contributed by atoms with Gasteiger partial charge in [-0.3, -0.25) is 4.99 Å². The third-order valence-electron chi connectivity index (χ3n) is 5.19. The molecule has 0 bridgehead atoms. The Morgan fingerprint density at radius 1 is 1.07 bits per heavy atom. The van der Waals surface area contributed by atoms with E-state index in [0.29, 0.717) is 24.6 Å². The van der Waals surface area contributed by atoms with Crippen molar-refractivity contribution in [2.75, 3.05) is 25.4 Å². The fraction of sp³-hybridized carbons (Fsp3) is 0.409. The van der Waals surface area contributed by atoms with E-state index in [9.17, 15) is 12.8 Å². The van der Waals surface area contributed by atoms with Crippen molar-refractivity contribution >= 4 is 16.0 Å². The molecule has 6 nitrogen and oxygen atoms in total. The topological polar surface area (TPSA) is 82.6 Å².